The first-order chi connectivity index (χ1) is 9.41. The largest absolute Gasteiger partial charge is 0.482 e. The van der Waals surface area contributed by atoms with Gasteiger partial charge in [-0.25, -0.2) is 8.42 Å². The number of carbonyl (C=O) groups excluding carboxylic acids is 1. The number of sulfonamides is 1. The number of nitrogens with one attached hydrogen (secondary N) is 1. The van der Waals surface area contributed by atoms with E-state index in [1.807, 2.05) is 6.92 Å². The number of ketones is 1. The second-order valence-corrected chi connectivity index (χ2v) is 6.84. The Morgan fingerprint density at radius 1 is 1.45 bits per heavy atom. The Kier molecular flexibility index (Phi) is 4.32. The topological polar surface area (TPSA) is 72.5 Å². The maximum atomic E-state index is 11.7. The Hall–Kier alpha value is -1.56. The fourth-order valence-electron chi connectivity index (χ4n) is 2.24. The molecule has 0 bridgehead atoms. The molecule has 20 heavy (non-hydrogen) atoms. The molecule has 2 rings (SSSR count). The Balaban J connectivity index is 2.16. The lowest BCUT2D eigenvalue weighted by Crippen LogP contribution is -2.29. The number of hydrogen-bond acceptors (Lipinski definition) is 4. The van der Waals surface area contributed by atoms with Gasteiger partial charge in [0.1, 0.15) is 5.75 Å². The van der Waals surface area contributed by atoms with E-state index in [2.05, 4.69) is 4.72 Å². The smallest absolute Gasteiger partial charge is 0.232 e. The second kappa shape index (κ2) is 5.83. The highest BCUT2D eigenvalue weighted by Crippen LogP contribution is 2.30. The molecular weight excluding hydrogens is 278 g/mol. The van der Waals surface area contributed by atoms with Crippen LogP contribution in [0.1, 0.15) is 32.3 Å². The summed E-state index contributed by atoms with van der Waals surface area (Å²) in [6.07, 6.45) is 1.53. The number of rotatable bonds is 5. The molecule has 0 radical (unpaired) electrons. The van der Waals surface area contributed by atoms with E-state index in [9.17, 15) is 13.2 Å². The van der Waals surface area contributed by atoms with Crippen LogP contribution >= 0.6 is 0 Å². The van der Waals surface area contributed by atoms with Crippen molar-refractivity contribution in [3.63, 3.8) is 0 Å². The summed E-state index contributed by atoms with van der Waals surface area (Å²) in [6, 6.07) is 5.15. The van der Waals surface area contributed by atoms with Gasteiger partial charge < -0.3 is 4.74 Å². The number of ether oxygens (including phenoxy) is 1. The molecule has 0 fully saturated rings. The van der Waals surface area contributed by atoms with Crippen LogP contribution in [-0.4, -0.2) is 26.1 Å². The first kappa shape index (κ1) is 14.8. The molecule has 1 heterocycles. The summed E-state index contributed by atoms with van der Waals surface area (Å²) in [5.41, 5.74) is 1.47. The summed E-state index contributed by atoms with van der Waals surface area (Å²) >= 11 is 0. The van der Waals surface area contributed by atoms with Crippen molar-refractivity contribution in [2.45, 2.75) is 39.2 Å². The average molecular weight is 297 g/mol. The lowest BCUT2D eigenvalue weighted by Gasteiger charge is -2.24. The van der Waals surface area contributed by atoms with Crippen LogP contribution in [0.2, 0.25) is 0 Å². The predicted molar refractivity (Wildman–Crippen MR) is 77.6 cm³/mol. The molecule has 1 aliphatic rings. The number of fused-ring (bicyclic) bond motifs is 1. The van der Waals surface area contributed by atoms with Crippen LogP contribution < -0.4 is 9.46 Å². The lowest BCUT2D eigenvalue weighted by molar-refractivity contribution is -0.124. The van der Waals surface area contributed by atoms with Gasteiger partial charge in [-0.3, -0.25) is 9.52 Å². The summed E-state index contributed by atoms with van der Waals surface area (Å²) in [7, 11) is -3.28. The summed E-state index contributed by atoms with van der Waals surface area (Å²) in [5.74, 6) is 0.783. The van der Waals surface area contributed by atoms with Crippen molar-refractivity contribution in [1.82, 2.24) is 0 Å². The van der Waals surface area contributed by atoms with Gasteiger partial charge in [-0.2, -0.15) is 0 Å². The van der Waals surface area contributed by atoms with Crippen molar-refractivity contribution in [1.29, 1.82) is 0 Å². The number of Topliss-reactive ketones (excluding diaryl/α,β-unsaturated/α-hetero) is 1. The third kappa shape index (κ3) is 3.50. The van der Waals surface area contributed by atoms with E-state index < -0.39 is 10.0 Å². The molecule has 0 spiro atoms. The van der Waals surface area contributed by atoms with E-state index in [0.717, 1.165) is 5.56 Å². The highest BCUT2D eigenvalue weighted by molar-refractivity contribution is 7.92. The van der Waals surface area contributed by atoms with Gasteiger partial charge in [0.25, 0.3) is 0 Å². The first-order valence-corrected chi connectivity index (χ1v) is 8.37. The van der Waals surface area contributed by atoms with Crippen molar-refractivity contribution in [2.24, 2.45) is 0 Å². The molecule has 1 aromatic carbocycles. The average Bonchev–Trinajstić information content (AvgIpc) is 2.37. The van der Waals surface area contributed by atoms with E-state index in [1.165, 1.54) is 6.92 Å². The van der Waals surface area contributed by atoms with Crippen LogP contribution in [0.25, 0.3) is 0 Å². The van der Waals surface area contributed by atoms with Crippen molar-refractivity contribution in [3.05, 3.63) is 23.8 Å². The summed E-state index contributed by atoms with van der Waals surface area (Å²) < 4.78 is 31.6. The molecular formula is C14H19NO4S. The molecule has 110 valence electrons. The third-order valence-electron chi connectivity index (χ3n) is 3.21. The van der Waals surface area contributed by atoms with Gasteiger partial charge in [0.2, 0.25) is 10.0 Å². The maximum absolute atomic E-state index is 11.7. The molecule has 0 amide bonds. The minimum atomic E-state index is -3.28. The van der Waals surface area contributed by atoms with Crippen molar-refractivity contribution in [2.75, 3.05) is 10.5 Å². The van der Waals surface area contributed by atoms with E-state index >= 15 is 0 Å². The molecule has 0 saturated carbocycles. The quantitative estimate of drug-likeness (QED) is 0.903. The second-order valence-electron chi connectivity index (χ2n) is 5.00. The normalized spacial score (nSPS) is 18.0. The zero-order valence-electron chi connectivity index (χ0n) is 11.7. The van der Waals surface area contributed by atoms with Crippen molar-refractivity contribution >= 4 is 21.5 Å². The number of carbonyl (C=O) groups is 1. The third-order valence-corrected chi connectivity index (χ3v) is 4.70. The zero-order valence-corrected chi connectivity index (χ0v) is 12.5. The molecule has 0 saturated heterocycles. The predicted octanol–water partition coefficient (Wildman–Crippen LogP) is 2.12. The highest BCUT2D eigenvalue weighted by atomic mass is 32.2. The Morgan fingerprint density at radius 3 is 2.85 bits per heavy atom. The highest BCUT2D eigenvalue weighted by Gasteiger charge is 2.23. The van der Waals surface area contributed by atoms with Crippen LogP contribution in [0, 0.1) is 0 Å². The number of anilines is 1. The molecule has 1 aliphatic heterocycles. The zero-order chi connectivity index (χ0) is 14.8. The minimum absolute atomic E-state index is 0.0170. The van der Waals surface area contributed by atoms with Crippen molar-refractivity contribution < 1.29 is 17.9 Å². The molecule has 0 aromatic heterocycles. The van der Waals surface area contributed by atoms with Gasteiger partial charge in [0.05, 0.1) is 5.75 Å². The molecule has 0 unspecified atom stereocenters. The van der Waals surface area contributed by atoms with E-state index in [0.29, 0.717) is 30.7 Å². The van der Waals surface area contributed by atoms with E-state index in [4.69, 9.17) is 4.74 Å². The molecule has 6 heteroatoms. The fourth-order valence-corrected chi connectivity index (χ4v) is 3.36. The monoisotopic (exact) mass is 297 g/mol. The first-order valence-electron chi connectivity index (χ1n) is 6.72. The molecule has 5 nitrogen and oxygen atoms in total. The SMILES string of the molecule is CCCS(=O)(=O)Nc1ccc2c(c1)CC[C@H](C(C)=O)O2. The number of hydrogen-bond donors (Lipinski definition) is 1. The summed E-state index contributed by atoms with van der Waals surface area (Å²) in [4.78, 5) is 11.3. The van der Waals surface area contributed by atoms with Crippen LogP contribution in [0.4, 0.5) is 5.69 Å². The van der Waals surface area contributed by atoms with E-state index in [1.54, 1.807) is 18.2 Å². The van der Waals surface area contributed by atoms with Gasteiger partial charge in [0, 0.05) is 5.69 Å². The maximum Gasteiger partial charge on any atom is 0.232 e. The van der Waals surface area contributed by atoms with Gasteiger partial charge >= 0.3 is 0 Å². The van der Waals surface area contributed by atoms with Crippen LogP contribution in [0.3, 0.4) is 0 Å². The Bertz CT molecular complexity index is 610. The molecule has 1 N–H and O–H groups in total. The molecule has 1 atom stereocenters. The van der Waals surface area contributed by atoms with Crippen LogP contribution in [0.15, 0.2) is 18.2 Å². The Morgan fingerprint density at radius 2 is 2.20 bits per heavy atom. The fraction of sp³-hybridized carbons (Fsp3) is 0.500. The molecule has 1 aromatic rings. The standard InChI is InChI=1S/C14H19NO4S/c1-3-8-20(17,18)15-12-5-7-14-11(9-12)4-6-13(19-14)10(2)16/h5,7,9,13,15H,3-4,6,8H2,1-2H3/t13-/m1/s1. The van der Waals surface area contributed by atoms with Crippen LogP contribution in [-0.2, 0) is 21.2 Å². The van der Waals surface area contributed by atoms with E-state index in [-0.39, 0.29) is 17.6 Å². The van der Waals surface area contributed by atoms with Crippen molar-refractivity contribution in [3.8, 4) is 5.75 Å². The Labute approximate surface area is 119 Å². The van der Waals surface area contributed by atoms with Crippen LogP contribution in [0.5, 0.6) is 5.75 Å². The lowest BCUT2D eigenvalue weighted by atomic mass is 10.00. The van der Waals surface area contributed by atoms with Gasteiger partial charge in [0.15, 0.2) is 11.9 Å². The summed E-state index contributed by atoms with van der Waals surface area (Å²) in [5, 5.41) is 0. The summed E-state index contributed by atoms with van der Waals surface area (Å²) in [6.45, 7) is 3.34. The molecule has 0 aliphatic carbocycles. The van der Waals surface area contributed by atoms with Gasteiger partial charge in [-0.05, 0) is 49.9 Å². The number of aryl methyl sites for hydroxylation is 1. The minimum Gasteiger partial charge on any atom is -0.482 e. The number of benzene rings is 1. The van der Waals surface area contributed by atoms with Gasteiger partial charge in [-0.1, -0.05) is 6.92 Å². The van der Waals surface area contributed by atoms with Gasteiger partial charge in [-0.15, -0.1) is 0 Å².